The van der Waals surface area contributed by atoms with E-state index in [9.17, 15) is 0 Å². The van der Waals surface area contributed by atoms with Crippen LogP contribution in [0.2, 0.25) is 0 Å². The van der Waals surface area contributed by atoms with Gasteiger partial charge in [0.25, 0.3) is 0 Å². The molecule has 10 heteroatoms. The van der Waals surface area contributed by atoms with Crippen LogP contribution in [0.15, 0.2) is 275 Å². The first-order chi connectivity index (χ1) is 39.0. The lowest BCUT2D eigenvalue weighted by atomic mass is 9.93. The van der Waals surface area contributed by atoms with E-state index < -0.39 is 0 Å². The third kappa shape index (κ3) is 10.1. The molecule has 0 spiro atoms. The Morgan fingerprint density at radius 1 is 0.228 bits per heavy atom. The zero-order chi connectivity index (χ0) is 53.5. The summed E-state index contributed by atoms with van der Waals surface area (Å²) in [4.78, 5) is 36.0. The molecule has 0 radical (unpaired) electrons. The van der Waals surface area contributed by atoms with Gasteiger partial charge in [-0.2, -0.15) is 0 Å². The van der Waals surface area contributed by atoms with Crippen molar-refractivity contribution in [3.63, 3.8) is 0 Å². The highest BCUT2D eigenvalue weighted by Gasteiger charge is 2.25. The van der Waals surface area contributed by atoms with E-state index in [1.165, 1.54) is 0 Å². The average Bonchev–Trinajstić information content (AvgIpc) is 3.51. The zero-order valence-corrected chi connectivity index (χ0v) is 44.0. The fraction of sp³-hybridized carbons (Fsp3) is 0.0435. The van der Waals surface area contributed by atoms with Gasteiger partial charge in [0.1, 0.15) is 0 Å². The van der Waals surface area contributed by atoms with Crippen molar-refractivity contribution in [3.8, 4) is 33.4 Å². The Hall–Kier alpha value is -10.6. The summed E-state index contributed by atoms with van der Waals surface area (Å²) in [6, 6.07) is 70.4. The van der Waals surface area contributed by atoms with Crippen LogP contribution in [0.3, 0.4) is 0 Å². The van der Waals surface area contributed by atoms with E-state index in [0.29, 0.717) is 0 Å². The average molecular weight is 1020 g/mol. The maximum atomic E-state index is 4.50. The van der Waals surface area contributed by atoms with Gasteiger partial charge in [0.15, 0.2) is 0 Å². The third-order valence-electron chi connectivity index (χ3n) is 14.3. The predicted octanol–water partition coefficient (Wildman–Crippen LogP) is 17.9. The molecule has 0 fully saturated rings. The monoisotopic (exact) mass is 1020 g/mol. The lowest BCUT2D eigenvalue weighted by molar-refractivity contribution is 1.19. The van der Waals surface area contributed by atoms with E-state index >= 15 is 0 Å². The molecule has 10 nitrogen and oxygen atoms in total. The Morgan fingerprint density at radius 3 is 0.684 bits per heavy atom. The van der Waals surface area contributed by atoms with Gasteiger partial charge < -0.3 is 19.6 Å². The van der Waals surface area contributed by atoms with E-state index in [-0.39, 0.29) is 0 Å². The van der Waals surface area contributed by atoms with Crippen LogP contribution in [0.4, 0.5) is 68.2 Å². The first kappa shape index (κ1) is 49.3. The smallest absolute Gasteiger partial charge is 0.0645 e. The Morgan fingerprint density at radius 2 is 0.456 bits per heavy atom. The minimum atomic E-state index is 0.940. The summed E-state index contributed by atoms with van der Waals surface area (Å²) in [5.74, 6) is 0. The van der Waals surface area contributed by atoms with Crippen molar-refractivity contribution >= 4 is 68.2 Å². The fourth-order valence-corrected chi connectivity index (χ4v) is 10.6. The summed E-state index contributed by atoms with van der Waals surface area (Å²) >= 11 is 0. The highest BCUT2D eigenvalue weighted by Crippen LogP contribution is 2.48. The number of hydrogen-bond donors (Lipinski definition) is 0. The van der Waals surface area contributed by atoms with Crippen LogP contribution < -0.4 is 19.6 Å². The molecule has 12 aromatic rings. The molecule has 79 heavy (non-hydrogen) atoms. The zero-order valence-electron chi connectivity index (χ0n) is 44.0. The van der Waals surface area contributed by atoms with Crippen molar-refractivity contribution in [2.24, 2.45) is 0 Å². The topological polar surface area (TPSA) is 90.3 Å². The highest BCUT2D eigenvalue weighted by molar-refractivity contribution is 5.92. The molecule has 380 valence electrons. The van der Waals surface area contributed by atoms with Gasteiger partial charge in [-0.25, -0.2) is 0 Å². The minimum Gasteiger partial charge on any atom is -0.310 e. The third-order valence-corrected chi connectivity index (χ3v) is 14.3. The molecule has 0 aliphatic carbocycles. The van der Waals surface area contributed by atoms with Crippen LogP contribution in [0, 0.1) is 20.8 Å². The van der Waals surface area contributed by atoms with Gasteiger partial charge in [-0.05, 0) is 198 Å². The van der Waals surface area contributed by atoms with E-state index in [1.807, 2.05) is 73.6 Å². The fourth-order valence-electron chi connectivity index (χ4n) is 10.6. The molecular weight excluding hydrogens is 969 g/mol. The first-order valence-electron chi connectivity index (χ1n) is 26.2. The molecule has 0 aliphatic heterocycles. The molecule has 0 atom stereocenters. The number of hydrogen-bond acceptors (Lipinski definition) is 10. The molecular formula is C69H54N10. The van der Waals surface area contributed by atoms with Crippen LogP contribution in [0.5, 0.6) is 0 Å². The Kier molecular flexibility index (Phi) is 13.9. The van der Waals surface area contributed by atoms with Gasteiger partial charge in [-0.15, -0.1) is 0 Å². The second-order valence-corrected chi connectivity index (χ2v) is 19.1. The molecule has 0 unspecified atom stereocenters. The summed E-state index contributed by atoms with van der Waals surface area (Å²) < 4.78 is 0. The minimum absolute atomic E-state index is 0.940. The maximum Gasteiger partial charge on any atom is 0.0645 e. The number of benzene rings is 6. The van der Waals surface area contributed by atoms with Gasteiger partial charge >= 0.3 is 0 Å². The van der Waals surface area contributed by atoms with Gasteiger partial charge in [0.05, 0.1) is 71.3 Å². The Balaban J connectivity index is 1.01. The number of aromatic nitrogens is 6. The normalized spacial score (nSPS) is 11.0. The number of nitrogens with zero attached hydrogens (tertiary/aromatic N) is 10. The molecule has 0 aliphatic rings. The standard InChI is InChI=1S/C69H54N10/c1-49-64(52-16-4-19-55(40-52)76(58-22-10-34-70-43-58)59-23-11-35-71-44-59)28-7-31-67(49)79(68-32-8-29-65(50(68)2)53-17-5-20-56(41-53)77(60-24-12-36-72-45-60)61-25-13-37-73-46-61)69-33-9-30-66(51(69)3)54-18-6-21-57(42-54)78(62-26-14-38-74-47-62)63-27-15-39-75-48-63/h4-48H,1-3H3. The van der Waals surface area contributed by atoms with Crippen molar-refractivity contribution in [3.05, 3.63) is 291 Å². The quantitative estimate of drug-likeness (QED) is 0.0989. The number of anilines is 12. The molecule has 6 aromatic carbocycles. The highest BCUT2D eigenvalue weighted by atomic mass is 15.2. The predicted molar refractivity (Wildman–Crippen MR) is 322 cm³/mol. The second-order valence-electron chi connectivity index (χ2n) is 19.1. The number of pyridine rings is 6. The van der Waals surface area contributed by atoms with Crippen LogP contribution in [-0.2, 0) is 0 Å². The molecule has 6 aromatic heterocycles. The molecule has 0 saturated heterocycles. The first-order valence-corrected chi connectivity index (χ1v) is 26.2. The lowest BCUT2D eigenvalue weighted by Gasteiger charge is -2.32. The Labute approximate surface area is 461 Å². The molecule has 12 rings (SSSR count). The SMILES string of the molecule is Cc1c(-c2cccc(N(c3cccnc3)c3cccnc3)c2)cccc1N(c1cccc(-c2cccc(N(c3cccnc3)c3cccnc3)c2)c1C)c1cccc(-c2cccc(N(c3cccnc3)c3cccnc3)c2)c1C. The summed E-state index contributed by atoms with van der Waals surface area (Å²) in [5.41, 5.74) is 21.7. The van der Waals surface area contributed by atoms with Crippen molar-refractivity contribution in [2.75, 3.05) is 19.6 Å². The molecule has 0 saturated carbocycles. The molecule has 6 heterocycles. The van der Waals surface area contributed by atoms with Gasteiger partial charge in [-0.3, -0.25) is 29.9 Å². The van der Waals surface area contributed by atoms with E-state index in [0.717, 1.165) is 118 Å². The number of rotatable bonds is 15. The summed E-state index contributed by atoms with van der Waals surface area (Å²) in [6.45, 7) is 6.73. The van der Waals surface area contributed by atoms with Crippen LogP contribution in [0.1, 0.15) is 16.7 Å². The van der Waals surface area contributed by atoms with Gasteiger partial charge in [0, 0.05) is 71.3 Å². The summed E-state index contributed by atoms with van der Waals surface area (Å²) in [5, 5.41) is 0. The van der Waals surface area contributed by atoms with Gasteiger partial charge in [-0.1, -0.05) is 72.8 Å². The maximum absolute atomic E-state index is 4.50. The van der Waals surface area contributed by atoms with E-state index in [1.54, 1.807) is 37.2 Å². The van der Waals surface area contributed by atoms with Crippen molar-refractivity contribution in [1.29, 1.82) is 0 Å². The van der Waals surface area contributed by atoms with Crippen LogP contribution in [0.25, 0.3) is 33.4 Å². The van der Waals surface area contributed by atoms with Crippen molar-refractivity contribution < 1.29 is 0 Å². The van der Waals surface area contributed by atoms with E-state index in [4.69, 9.17) is 0 Å². The van der Waals surface area contributed by atoms with Crippen LogP contribution >= 0.6 is 0 Å². The second kappa shape index (κ2) is 22.3. The molecule has 0 N–H and O–H groups in total. The van der Waals surface area contributed by atoms with Crippen molar-refractivity contribution in [2.45, 2.75) is 20.8 Å². The van der Waals surface area contributed by atoms with Crippen LogP contribution in [-0.4, -0.2) is 29.9 Å². The molecule has 0 amide bonds. The largest absolute Gasteiger partial charge is 0.310 e. The van der Waals surface area contributed by atoms with E-state index in [2.05, 4.69) is 234 Å². The summed E-state index contributed by atoms with van der Waals surface area (Å²) in [7, 11) is 0. The summed E-state index contributed by atoms with van der Waals surface area (Å²) in [6.07, 6.45) is 22.1. The Bertz CT molecular complexity index is 3480. The van der Waals surface area contributed by atoms with Gasteiger partial charge in [0.2, 0.25) is 0 Å². The van der Waals surface area contributed by atoms with Crippen molar-refractivity contribution in [1.82, 2.24) is 29.9 Å². The lowest BCUT2D eigenvalue weighted by Crippen LogP contribution is -2.15. The molecule has 0 bridgehead atoms.